The third-order valence-electron chi connectivity index (χ3n) is 3.79. The van der Waals surface area contributed by atoms with Gasteiger partial charge in [-0.15, -0.1) is 0 Å². The van der Waals surface area contributed by atoms with E-state index in [0.717, 1.165) is 24.5 Å². The molecule has 126 valence electrons. The number of halogens is 2. The number of nitrogens with zero attached hydrogens (tertiary/aromatic N) is 2. The van der Waals surface area contributed by atoms with Crippen LogP contribution in [-0.4, -0.2) is 37.2 Å². The van der Waals surface area contributed by atoms with Gasteiger partial charge in [-0.1, -0.05) is 22.0 Å². The summed E-state index contributed by atoms with van der Waals surface area (Å²) >= 11 is 3.25. The van der Waals surface area contributed by atoms with Crippen molar-refractivity contribution in [1.82, 2.24) is 10.3 Å². The van der Waals surface area contributed by atoms with Gasteiger partial charge < -0.3 is 15.0 Å². The van der Waals surface area contributed by atoms with E-state index in [1.165, 1.54) is 12.1 Å². The van der Waals surface area contributed by atoms with E-state index in [4.69, 9.17) is 4.74 Å². The predicted molar refractivity (Wildman–Crippen MR) is 92.5 cm³/mol. The first-order chi connectivity index (χ1) is 11.6. The zero-order valence-electron chi connectivity index (χ0n) is 13.0. The van der Waals surface area contributed by atoms with Gasteiger partial charge in [0, 0.05) is 35.9 Å². The van der Waals surface area contributed by atoms with Crippen molar-refractivity contribution in [3.8, 4) is 0 Å². The van der Waals surface area contributed by atoms with Crippen LogP contribution < -0.4 is 10.2 Å². The second-order valence-electron chi connectivity index (χ2n) is 5.39. The number of benzene rings is 1. The summed E-state index contributed by atoms with van der Waals surface area (Å²) in [5, 5.41) is 2.77. The van der Waals surface area contributed by atoms with Gasteiger partial charge in [0.05, 0.1) is 18.8 Å². The molecule has 0 saturated carbocycles. The SMILES string of the molecule is O=C(NCc1cccnc1N1CCOCC1)c1cc(Br)ccc1F. The Morgan fingerprint density at radius 3 is 2.92 bits per heavy atom. The van der Waals surface area contributed by atoms with Crippen LogP contribution in [0.4, 0.5) is 10.2 Å². The Morgan fingerprint density at radius 2 is 2.12 bits per heavy atom. The maximum absolute atomic E-state index is 13.8. The quantitative estimate of drug-likeness (QED) is 0.867. The van der Waals surface area contributed by atoms with Gasteiger partial charge in [0.1, 0.15) is 11.6 Å². The lowest BCUT2D eigenvalue weighted by molar-refractivity contribution is 0.0946. The fourth-order valence-electron chi connectivity index (χ4n) is 2.57. The number of pyridine rings is 1. The highest BCUT2D eigenvalue weighted by Gasteiger charge is 2.17. The number of carbonyl (C=O) groups excluding carboxylic acids is 1. The number of rotatable bonds is 4. The molecule has 1 fully saturated rings. The van der Waals surface area contributed by atoms with Crippen molar-refractivity contribution in [1.29, 1.82) is 0 Å². The summed E-state index contributed by atoms with van der Waals surface area (Å²) in [6.45, 7) is 3.12. The molecular formula is C17H17BrFN3O2. The third kappa shape index (κ3) is 3.91. The van der Waals surface area contributed by atoms with Crippen LogP contribution in [0.2, 0.25) is 0 Å². The standard InChI is InChI=1S/C17H17BrFN3O2/c18-13-3-4-15(19)14(10-13)17(23)21-11-12-2-1-5-20-16(12)22-6-8-24-9-7-22/h1-5,10H,6-9,11H2,(H,21,23). The molecule has 1 aromatic heterocycles. The Labute approximate surface area is 148 Å². The lowest BCUT2D eigenvalue weighted by Crippen LogP contribution is -2.37. The van der Waals surface area contributed by atoms with Gasteiger partial charge >= 0.3 is 0 Å². The average molecular weight is 394 g/mol. The topological polar surface area (TPSA) is 54.5 Å². The summed E-state index contributed by atoms with van der Waals surface area (Å²) in [4.78, 5) is 18.8. The van der Waals surface area contributed by atoms with Gasteiger partial charge in [-0.3, -0.25) is 4.79 Å². The number of ether oxygens (including phenoxy) is 1. The van der Waals surface area contributed by atoms with E-state index in [1.54, 1.807) is 12.3 Å². The highest BCUT2D eigenvalue weighted by Crippen LogP contribution is 2.19. The molecule has 0 unspecified atom stereocenters. The first-order valence-electron chi connectivity index (χ1n) is 7.65. The molecule has 1 aliphatic rings. The zero-order valence-corrected chi connectivity index (χ0v) is 14.6. The van der Waals surface area contributed by atoms with Crippen LogP contribution in [0.5, 0.6) is 0 Å². The molecule has 1 aromatic carbocycles. The Balaban J connectivity index is 1.72. The fourth-order valence-corrected chi connectivity index (χ4v) is 2.93. The van der Waals surface area contributed by atoms with Gasteiger partial charge in [-0.2, -0.15) is 0 Å². The van der Waals surface area contributed by atoms with Crippen molar-refractivity contribution in [2.24, 2.45) is 0 Å². The number of nitrogens with one attached hydrogen (secondary N) is 1. The predicted octanol–water partition coefficient (Wildman–Crippen LogP) is 2.75. The molecule has 0 bridgehead atoms. The molecule has 1 N–H and O–H groups in total. The van der Waals surface area contributed by atoms with Crippen LogP contribution in [0, 0.1) is 5.82 Å². The van der Waals surface area contributed by atoms with Crippen molar-refractivity contribution in [2.75, 3.05) is 31.2 Å². The van der Waals surface area contributed by atoms with Crippen molar-refractivity contribution < 1.29 is 13.9 Å². The minimum Gasteiger partial charge on any atom is -0.378 e. The van der Waals surface area contributed by atoms with Gasteiger partial charge in [-0.25, -0.2) is 9.37 Å². The smallest absolute Gasteiger partial charge is 0.254 e. The fraction of sp³-hybridized carbons (Fsp3) is 0.294. The van der Waals surface area contributed by atoms with Crippen LogP contribution in [0.15, 0.2) is 41.0 Å². The molecule has 1 aliphatic heterocycles. The summed E-state index contributed by atoms with van der Waals surface area (Å²) in [6, 6.07) is 8.03. The monoisotopic (exact) mass is 393 g/mol. The molecule has 0 radical (unpaired) electrons. The van der Waals surface area contributed by atoms with Crippen LogP contribution in [0.1, 0.15) is 15.9 Å². The highest BCUT2D eigenvalue weighted by molar-refractivity contribution is 9.10. The maximum atomic E-state index is 13.8. The third-order valence-corrected chi connectivity index (χ3v) is 4.28. The van der Waals surface area contributed by atoms with Crippen LogP contribution in [-0.2, 0) is 11.3 Å². The number of morpholine rings is 1. The number of hydrogen-bond acceptors (Lipinski definition) is 4. The van der Waals surface area contributed by atoms with Gasteiger partial charge in [-0.05, 0) is 24.3 Å². The lowest BCUT2D eigenvalue weighted by atomic mass is 10.2. The van der Waals surface area contributed by atoms with E-state index < -0.39 is 11.7 Å². The first-order valence-corrected chi connectivity index (χ1v) is 8.44. The summed E-state index contributed by atoms with van der Waals surface area (Å²) in [5.74, 6) is -0.170. The van der Waals surface area contributed by atoms with E-state index in [1.807, 2.05) is 12.1 Å². The summed E-state index contributed by atoms with van der Waals surface area (Å²) in [7, 11) is 0. The largest absolute Gasteiger partial charge is 0.378 e. The lowest BCUT2D eigenvalue weighted by Gasteiger charge is -2.29. The van der Waals surface area contributed by atoms with Gasteiger partial charge in [0.25, 0.3) is 5.91 Å². The second-order valence-corrected chi connectivity index (χ2v) is 6.31. The van der Waals surface area contributed by atoms with Crippen molar-refractivity contribution >= 4 is 27.7 Å². The molecule has 5 nitrogen and oxygen atoms in total. The van der Waals surface area contributed by atoms with Crippen LogP contribution in [0.3, 0.4) is 0 Å². The van der Waals surface area contributed by atoms with E-state index in [9.17, 15) is 9.18 Å². The van der Waals surface area contributed by atoms with Crippen molar-refractivity contribution in [3.63, 3.8) is 0 Å². The molecule has 3 rings (SSSR count). The minimum absolute atomic E-state index is 0.0150. The highest BCUT2D eigenvalue weighted by atomic mass is 79.9. The molecular weight excluding hydrogens is 377 g/mol. The average Bonchev–Trinajstić information content (AvgIpc) is 2.62. The van der Waals surface area contributed by atoms with Crippen LogP contribution >= 0.6 is 15.9 Å². The Hall–Kier alpha value is -1.99. The number of carbonyl (C=O) groups is 1. The molecule has 0 aliphatic carbocycles. The molecule has 2 heterocycles. The van der Waals surface area contributed by atoms with E-state index in [0.29, 0.717) is 17.7 Å². The molecule has 1 saturated heterocycles. The molecule has 7 heteroatoms. The van der Waals surface area contributed by atoms with Gasteiger partial charge in [0.15, 0.2) is 0 Å². The van der Waals surface area contributed by atoms with Crippen LogP contribution in [0.25, 0.3) is 0 Å². The first kappa shape index (κ1) is 16.9. The molecule has 0 atom stereocenters. The second kappa shape index (κ2) is 7.72. The molecule has 1 amide bonds. The zero-order chi connectivity index (χ0) is 16.9. The Kier molecular flexibility index (Phi) is 5.42. The van der Waals surface area contributed by atoms with Crippen molar-refractivity contribution in [2.45, 2.75) is 6.54 Å². The summed E-state index contributed by atoms with van der Waals surface area (Å²) < 4.78 is 19.8. The molecule has 24 heavy (non-hydrogen) atoms. The van der Waals surface area contributed by atoms with Crippen molar-refractivity contribution in [3.05, 3.63) is 57.9 Å². The normalized spacial score (nSPS) is 14.5. The summed E-state index contributed by atoms with van der Waals surface area (Å²) in [5.41, 5.74) is 0.907. The van der Waals surface area contributed by atoms with E-state index in [2.05, 4.69) is 31.1 Å². The Bertz CT molecular complexity index is 736. The number of aromatic nitrogens is 1. The number of amides is 1. The Morgan fingerprint density at radius 1 is 1.33 bits per heavy atom. The minimum atomic E-state index is -0.546. The van der Waals surface area contributed by atoms with Gasteiger partial charge in [0.2, 0.25) is 0 Å². The van der Waals surface area contributed by atoms with E-state index in [-0.39, 0.29) is 12.1 Å². The molecule has 2 aromatic rings. The van der Waals surface area contributed by atoms with E-state index >= 15 is 0 Å². The maximum Gasteiger partial charge on any atom is 0.254 e. The number of anilines is 1. The number of hydrogen-bond donors (Lipinski definition) is 1. The molecule has 0 spiro atoms. The summed E-state index contributed by atoms with van der Waals surface area (Å²) in [6.07, 6.45) is 1.73.